The maximum absolute atomic E-state index is 13.0. The number of rotatable bonds is 11. The summed E-state index contributed by atoms with van der Waals surface area (Å²) in [5, 5.41) is 9.12. The van der Waals surface area contributed by atoms with Crippen LogP contribution in [0.5, 0.6) is 0 Å². The summed E-state index contributed by atoms with van der Waals surface area (Å²) in [5.41, 5.74) is 1.08. The molecule has 10 heteroatoms. The summed E-state index contributed by atoms with van der Waals surface area (Å²) >= 11 is 3.30. The van der Waals surface area contributed by atoms with Crippen molar-refractivity contribution in [2.24, 2.45) is 0 Å². The number of carbonyl (C=O) groups is 5. The number of hydrogen-bond donors (Lipinski definition) is 3. The van der Waals surface area contributed by atoms with Gasteiger partial charge in [-0.15, -0.1) is 0 Å². The Morgan fingerprint density at radius 3 is 2.59 bits per heavy atom. The SMILES string of the molecule is O=C(CCCBr)NCCCCCNc1cccc2c1C(=O)N(C1CCC(=O)NC1=O)C2=O. The number of unbranched alkanes of at least 4 members (excludes halogenated alkanes) is 2. The van der Waals surface area contributed by atoms with Crippen LogP contribution in [-0.2, 0) is 14.4 Å². The summed E-state index contributed by atoms with van der Waals surface area (Å²) in [5.74, 6) is -1.99. The Morgan fingerprint density at radius 1 is 1.06 bits per heavy atom. The number of halogens is 1. The van der Waals surface area contributed by atoms with Gasteiger partial charge in [-0.25, -0.2) is 0 Å². The number of anilines is 1. The van der Waals surface area contributed by atoms with Gasteiger partial charge in [0.1, 0.15) is 6.04 Å². The van der Waals surface area contributed by atoms with E-state index >= 15 is 0 Å². The van der Waals surface area contributed by atoms with E-state index in [1.165, 1.54) is 0 Å². The summed E-state index contributed by atoms with van der Waals surface area (Å²) in [6.07, 6.45) is 4.15. The van der Waals surface area contributed by atoms with Crippen LogP contribution in [0.4, 0.5) is 5.69 Å². The number of amides is 5. The summed E-state index contributed by atoms with van der Waals surface area (Å²) < 4.78 is 0. The highest BCUT2D eigenvalue weighted by Gasteiger charge is 2.45. The molecule has 0 aromatic heterocycles. The zero-order chi connectivity index (χ0) is 23.1. The van der Waals surface area contributed by atoms with Gasteiger partial charge in [-0.1, -0.05) is 22.0 Å². The first kappa shape index (κ1) is 23.9. The molecule has 9 nitrogen and oxygen atoms in total. The van der Waals surface area contributed by atoms with Gasteiger partial charge in [0.25, 0.3) is 11.8 Å². The van der Waals surface area contributed by atoms with Gasteiger partial charge in [0.2, 0.25) is 17.7 Å². The third-order valence-electron chi connectivity index (χ3n) is 5.50. The lowest BCUT2D eigenvalue weighted by Crippen LogP contribution is -2.54. The second-order valence-electron chi connectivity index (χ2n) is 7.81. The Morgan fingerprint density at radius 2 is 1.84 bits per heavy atom. The molecule has 1 atom stereocenters. The lowest BCUT2D eigenvalue weighted by Gasteiger charge is -2.27. The molecular formula is C22H27BrN4O5. The van der Waals surface area contributed by atoms with E-state index in [2.05, 4.69) is 31.9 Å². The molecular weight excluding hydrogens is 480 g/mol. The number of hydrogen-bond acceptors (Lipinski definition) is 6. The van der Waals surface area contributed by atoms with Crippen molar-refractivity contribution in [3.05, 3.63) is 29.3 Å². The highest BCUT2D eigenvalue weighted by molar-refractivity contribution is 9.09. The van der Waals surface area contributed by atoms with Crippen molar-refractivity contribution in [3.8, 4) is 0 Å². The van der Waals surface area contributed by atoms with Crippen LogP contribution < -0.4 is 16.0 Å². The normalized spacial score (nSPS) is 17.9. The predicted molar refractivity (Wildman–Crippen MR) is 121 cm³/mol. The van der Waals surface area contributed by atoms with Crippen molar-refractivity contribution >= 4 is 51.2 Å². The minimum atomic E-state index is -0.974. The average molecular weight is 507 g/mol. The molecule has 3 N–H and O–H groups in total. The molecule has 0 radical (unpaired) electrons. The van der Waals surface area contributed by atoms with E-state index in [0.29, 0.717) is 25.2 Å². The molecule has 0 bridgehead atoms. The number of benzene rings is 1. The second kappa shape index (κ2) is 11.2. The average Bonchev–Trinajstić information content (AvgIpc) is 3.02. The van der Waals surface area contributed by atoms with E-state index in [0.717, 1.165) is 35.9 Å². The zero-order valence-corrected chi connectivity index (χ0v) is 19.3. The molecule has 1 fully saturated rings. The number of piperidine rings is 1. The smallest absolute Gasteiger partial charge is 0.264 e. The Bertz CT molecular complexity index is 920. The summed E-state index contributed by atoms with van der Waals surface area (Å²) in [6.45, 7) is 1.24. The van der Waals surface area contributed by atoms with Crippen LogP contribution in [0.15, 0.2) is 18.2 Å². The van der Waals surface area contributed by atoms with E-state index in [-0.39, 0.29) is 29.9 Å². The van der Waals surface area contributed by atoms with Crippen LogP contribution in [0.3, 0.4) is 0 Å². The van der Waals surface area contributed by atoms with Gasteiger partial charge in [0.15, 0.2) is 0 Å². The fourth-order valence-corrected chi connectivity index (χ4v) is 4.14. The van der Waals surface area contributed by atoms with Crippen LogP contribution in [0.25, 0.3) is 0 Å². The van der Waals surface area contributed by atoms with Crippen LogP contribution in [-0.4, -0.2) is 58.9 Å². The number of alkyl halides is 1. The fraction of sp³-hybridized carbons (Fsp3) is 0.500. The Balaban J connectivity index is 1.51. The molecule has 32 heavy (non-hydrogen) atoms. The van der Waals surface area contributed by atoms with E-state index in [1.54, 1.807) is 18.2 Å². The van der Waals surface area contributed by atoms with Crippen LogP contribution in [0, 0.1) is 0 Å². The summed E-state index contributed by atoms with van der Waals surface area (Å²) in [7, 11) is 0. The molecule has 0 aliphatic carbocycles. The first-order valence-electron chi connectivity index (χ1n) is 10.8. The van der Waals surface area contributed by atoms with E-state index in [4.69, 9.17) is 0 Å². The lowest BCUT2D eigenvalue weighted by atomic mass is 10.0. The third kappa shape index (κ3) is 5.53. The monoisotopic (exact) mass is 506 g/mol. The maximum Gasteiger partial charge on any atom is 0.264 e. The molecule has 1 unspecified atom stereocenters. The van der Waals surface area contributed by atoms with Gasteiger partial charge in [-0.3, -0.25) is 34.2 Å². The van der Waals surface area contributed by atoms with Crippen molar-refractivity contribution in [2.45, 2.75) is 51.0 Å². The van der Waals surface area contributed by atoms with Gasteiger partial charge in [-0.05, 0) is 44.2 Å². The Labute approximate surface area is 194 Å². The first-order valence-corrected chi connectivity index (χ1v) is 12.0. The minimum absolute atomic E-state index is 0.0613. The number of imide groups is 2. The van der Waals surface area contributed by atoms with E-state index < -0.39 is 29.7 Å². The van der Waals surface area contributed by atoms with E-state index in [9.17, 15) is 24.0 Å². The van der Waals surface area contributed by atoms with Crippen LogP contribution >= 0.6 is 15.9 Å². The van der Waals surface area contributed by atoms with Crippen LogP contribution in [0.1, 0.15) is 65.7 Å². The van der Waals surface area contributed by atoms with Gasteiger partial charge in [0.05, 0.1) is 11.1 Å². The standard InChI is InChI=1S/C22H27BrN4O5/c23-11-5-8-17(28)25-13-3-1-2-12-24-15-7-4-6-14-19(15)22(32)27(21(14)31)16-9-10-18(29)26-20(16)30/h4,6-7,16,24H,1-3,5,8-13H2,(H,25,28)(H,26,29,30). The number of fused-ring (bicyclic) bond motifs is 1. The molecule has 2 aliphatic heterocycles. The highest BCUT2D eigenvalue weighted by Crippen LogP contribution is 2.32. The van der Waals surface area contributed by atoms with Gasteiger partial charge in [0, 0.05) is 36.9 Å². The van der Waals surface area contributed by atoms with Crippen molar-refractivity contribution in [2.75, 3.05) is 23.7 Å². The van der Waals surface area contributed by atoms with Gasteiger partial charge in [-0.2, -0.15) is 0 Å². The summed E-state index contributed by atoms with van der Waals surface area (Å²) in [6, 6.07) is 4.04. The molecule has 1 aromatic rings. The van der Waals surface area contributed by atoms with Gasteiger partial charge < -0.3 is 10.6 Å². The van der Waals surface area contributed by atoms with Crippen molar-refractivity contribution in [1.82, 2.24) is 15.5 Å². The van der Waals surface area contributed by atoms with Crippen molar-refractivity contribution < 1.29 is 24.0 Å². The van der Waals surface area contributed by atoms with Gasteiger partial charge >= 0.3 is 0 Å². The maximum atomic E-state index is 13.0. The molecule has 2 aliphatic rings. The van der Waals surface area contributed by atoms with E-state index in [1.807, 2.05) is 0 Å². The quantitative estimate of drug-likeness (QED) is 0.239. The molecule has 0 spiro atoms. The number of nitrogens with zero attached hydrogens (tertiary/aromatic N) is 1. The molecule has 0 saturated carbocycles. The first-order chi connectivity index (χ1) is 15.4. The largest absolute Gasteiger partial charge is 0.384 e. The predicted octanol–water partition coefficient (Wildman–Crippen LogP) is 1.96. The Kier molecular flexibility index (Phi) is 8.38. The molecule has 5 amide bonds. The molecule has 1 saturated heterocycles. The topological polar surface area (TPSA) is 125 Å². The zero-order valence-electron chi connectivity index (χ0n) is 17.7. The minimum Gasteiger partial charge on any atom is -0.384 e. The van der Waals surface area contributed by atoms with Crippen molar-refractivity contribution in [3.63, 3.8) is 0 Å². The number of nitrogens with one attached hydrogen (secondary N) is 3. The highest BCUT2D eigenvalue weighted by atomic mass is 79.9. The Hall–Kier alpha value is -2.75. The third-order valence-corrected chi connectivity index (χ3v) is 6.06. The molecule has 172 valence electrons. The lowest BCUT2D eigenvalue weighted by molar-refractivity contribution is -0.136. The fourth-order valence-electron chi connectivity index (χ4n) is 3.86. The van der Waals surface area contributed by atoms with Crippen molar-refractivity contribution in [1.29, 1.82) is 0 Å². The summed E-state index contributed by atoms with van der Waals surface area (Å²) in [4.78, 5) is 62.0. The number of carbonyl (C=O) groups excluding carboxylic acids is 5. The molecule has 1 aromatic carbocycles. The second-order valence-corrected chi connectivity index (χ2v) is 8.60. The van der Waals surface area contributed by atoms with Crippen LogP contribution in [0.2, 0.25) is 0 Å². The molecule has 3 rings (SSSR count). The molecule has 2 heterocycles.